The van der Waals surface area contributed by atoms with Gasteiger partial charge >= 0.3 is 12.0 Å². The van der Waals surface area contributed by atoms with E-state index in [0.717, 1.165) is 12.8 Å². The van der Waals surface area contributed by atoms with Crippen molar-refractivity contribution in [1.82, 2.24) is 15.0 Å². The monoisotopic (exact) mass is 268 g/mol. The Balaban J connectivity index is 2.55. The molecule has 0 radical (unpaired) electrons. The van der Waals surface area contributed by atoms with Crippen LogP contribution in [0.25, 0.3) is 0 Å². The Bertz CT molecular complexity index is 372. The van der Waals surface area contributed by atoms with Crippen LogP contribution in [0.4, 0.5) is 5.95 Å². The van der Waals surface area contributed by atoms with Crippen LogP contribution in [0.3, 0.4) is 0 Å². The highest BCUT2D eigenvalue weighted by molar-refractivity contribution is 5.26. The quantitative estimate of drug-likeness (QED) is 0.694. The van der Waals surface area contributed by atoms with Crippen molar-refractivity contribution in [3.8, 4) is 12.0 Å². The van der Waals surface area contributed by atoms with Gasteiger partial charge in [0.25, 0.3) is 0 Å². The molecule has 0 bridgehead atoms. The zero-order valence-corrected chi connectivity index (χ0v) is 12.3. The van der Waals surface area contributed by atoms with E-state index in [4.69, 9.17) is 9.47 Å². The molecule has 19 heavy (non-hydrogen) atoms. The molecule has 0 spiro atoms. The van der Waals surface area contributed by atoms with Crippen molar-refractivity contribution in [2.24, 2.45) is 0 Å². The molecule has 1 rings (SSSR count). The van der Waals surface area contributed by atoms with Crippen LogP contribution in [0.1, 0.15) is 46.5 Å². The lowest BCUT2D eigenvalue weighted by Crippen LogP contribution is -2.12. The Morgan fingerprint density at radius 2 is 1.79 bits per heavy atom. The fourth-order valence-corrected chi connectivity index (χ4v) is 1.47. The fraction of sp³-hybridized carbons (Fsp3) is 0.769. The van der Waals surface area contributed by atoms with E-state index >= 15 is 0 Å². The predicted octanol–water partition coefficient (Wildman–Crippen LogP) is 2.66. The van der Waals surface area contributed by atoms with Crippen LogP contribution < -0.4 is 14.8 Å². The van der Waals surface area contributed by atoms with E-state index in [1.54, 1.807) is 7.05 Å². The summed E-state index contributed by atoms with van der Waals surface area (Å²) in [6, 6.07) is 0.601. The first-order chi connectivity index (χ1) is 9.15. The van der Waals surface area contributed by atoms with E-state index in [1.807, 2.05) is 13.8 Å². The third kappa shape index (κ3) is 6.22. The van der Waals surface area contributed by atoms with Crippen LogP contribution in [0, 0.1) is 0 Å². The average molecular weight is 268 g/mol. The summed E-state index contributed by atoms with van der Waals surface area (Å²) >= 11 is 0. The third-order valence-electron chi connectivity index (χ3n) is 2.39. The van der Waals surface area contributed by atoms with Gasteiger partial charge in [0.1, 0.15) is 0 Å². The van der Waals surface area contributed by atoms with Gasteiger partial charge in [0, 0.05) is 7.05 Å². The van der Waals surface area contributed by atoms with Gasteiger partial charge in [0.05, 0.1) is 12.7 Å². The van der Waals surface area contributed by atoms with Crippen LogP contribution in [-0.2, 0) is 0 Å². The number of nitrogens with zero attached hydrogens (tertiary/aromatic N) is 3. The largest absolute Gasteiger partial charge is 0.463 e. The van der Waals surface area contributed by atoms with Crippen molar-refractivity contribution in [2.75, 3.05) is 19.0 Å². The molecule has 0 aliphatic rings. The second kappa shape index (κ2) is 8.50. The molecule has 0 aromatic carbocycles. The van der Waals surface area contributed by atoms with Crippen molar-refractivity contribution in [1.29, 1.82) is 0 Å². The number of nitrogens with one attached hydrogen (secondary N) is 1. The van der Waals surface area contributed by atoms with Crippen LogP contribution in [-0.4, -0.2) is 34.7 Å². The van der Waals surface area contributed by atoms with Gasteiger partial charge in [-0.05, 0) is 20.3 Å². The van der Waals surface area contributed by atoms with E-state index in [0.29, 0.717) is 18.6 Å². The summed E-state index contributed by atoms with van der Waals surface area (Å²) < 4.78 is 11.0. The third-order valence-corrected chi connectivity index (χ3v) is 2.39. The van der Waals surface area contributed by atoms with Crippen molar-refractivity contribution < 1.29 is 9.47 Å². The van der Waals surface area contributed by atoms with Crippen molar-refractivity contribution in [3.05, 3.63) is 0 Å². The molecule has 0 aliphatic carbocycles. The molecule has 1 aromatic heterocycles. The standard InChI is InChI=1S/C13H24N4O2/c1-5-6-7-8-9-18-12-15-11(14-4)16-13(17-12)19-10(2)3/h10H,5-9H2,1-4H3,(H,14,15,16,17). The predicted molar refractivity (Wildman–Crippen MR) is 74.8 cm³/mol. The minimum Gasteiger partial charge on any atom is -0.463 e. The molecule has 0 saturated carbocycles. The smallest absolute Gasteiger partial charge is 0.324 e. The van der Waals surface area contributed by atoms with Gasteiger partial charge < -0.3 is 14.8 Å². The summed E-state index contributed by atoms with van der Waals surface area (Å²) in [5.41, 5.74) is 0. The maximum atomic E-state index is 5.54. The molecule has 6 nitrogen and oxygen atoms in total. The SMILES string of the molecule is CCCCCCOc1nc(NC)nc(OC(C)C)n1. The number of anilines is 1. The maximum Gasteiger partial charge on any atom is 0.324 e. The molecule has 1 N–H and O–H groups in total. The molecule has 1 heterocycles. The lowest BCUT2D eigenvalue weighted by Gasteiger charge is -2.10. The normalized spacial score (nSPS) is 10.6. The van der Waals surface area contributed by atoms with Crippen molar-refractivity contribution in [3.63, 3.8) is 0 Å². The van der Waals surface area contributed by atoms with E-state index in [2.05, 4.69) is 27.2 Å². The fourth-order valence-electron chi connectivity index (χ4n) is 1.47. The molecule has 108 valence electrons. The lowest BCUT2D eigenvalue weighted by molar-refractivity contribution is 0.212. The van der Waals surface area contributed by atoms with E-state index < -0.39 is 0 Å². The van der Waals surface area contributed by atoms with Gasteiger partial charge in [-0.25, -0.2) is 0 Å². The van der Waals surface area contributed by atoms with Crippen LogP contribution in [0.5, 0.6) is 12.0 Å². The molecule has 0 aliphatic heterocycles. The molecule has 0 unspecified atom stereocenters. The first-order valence-corrected chi connectivity index (χ1v) is 6.89. The maximum absolute atomic E-state index is 5.54. The Labute approximate surface area is 115 Å². The van der Waals surface area contributed by atoms with Crippen LogP contribution in [0.15, 0.2) is 0 Å². The Kier molecular flexibility index (Phi) is 6.92. The zero-order valence-electron chi connectivity index (χ0n) is 12.3. The topological polar surface area (TPSA) is 69.2 Å². The molecule has 0 atom stereocenters. The number of unbranched alkanes of at least 4 members (excludes halogenated alkanes) is 3. The van der Waals surface area contributed by atoms with Gasteiger partial charge in [-0.15, -0.1) is 4.98 Å². The number of hydrogen-bond acceptors (Lipinski definition) is 6. The van der Waals surface area contributed by atoms with Gasteiger partial charge in [-0.3, -0.25) is 0 Å². The summed E-state index contributed by atoms with van der Waals surface area (Å²) in [5.74, 6) is 0.453. The minimum atomic E-state index is 0.0181. The molecule has 0 saturated heterocycles. The summed E-state index contributed by atoms with van der Waals surface area (Å²) in [5, 5.41) is 2.87. The van der Waals surface area contributed by atoms with E-state index in [1.165, 1.54) is 12.8 Å². The lowest BCUT2D eigenvalue weighted by atomic mass is 10.2. The highest BCUT2D eigenvalue weighted by Gasteiger charge is 2.09. The molecule has 0 amide bonds. The second-order valence-electron chi connectivity index (χ2n) is 4.55. The van der Waals surface area contributed by atoms with Gasteiger partial charge in [-0.1, -0.05) is 26.2 Å². The van der Waals surface area contributed by atoms with Crippen molar-refractivity contribution >= 4 is 5.95 Å². The summed E-state index contributed by atoms with van der Waals surface area (Å²) in [4.78, 5) is 12.4. The highest BCUT2D eigenvalue weighted by Crippen LogP contribution is 2.14. The number of rotatable bonds is 9. The van der Waals surface area contributed by atoms with Gasteiger partial charge in [0.2, 0.25) is 5.95 Å². The first kappa shape index (κ1) is 15.5. The number of ether oxygens (including phenoxy) is 2. The second-order valence-corrected chi connectivity index (χ2v) is 4.55. The average Bonchev–Trinajstić information content (AvgIpc) is 2.37. The zero-order chi connectivity index (χ0) is 14.1. The van der Waals surface area contributed by atoms with E-state index in [9.17, 15) is 0 Å². The Hall–Kier alpha value is -1.59. The summed E-state index contributed by atoms with van der Waals surface area (Å²) in [6.45, 7) is 6.65. The Morgan fingerprint density at radius 3 is 2.42 bits per heavy atom. The first-order valence-electron chi connectivity index (χ1n) is 6.89. The van der Waals surface area contributed by atoms with Gasteiger partial charge in [-0.2, -0.15) is 9.97 Å². The number of hydrogen-bond donors (Lipinski definition) is 1. The molecule has 6 heteroatoms. The molecular formula is C13H24N4O2. The van der Waals surface area contributed by atoms with Gasteiger partial charge in [0.15, 0.2) is 0 Å². The highest BCUT2D eigenvalue weighted by atomic mass is 16.5. The minimum absolute atomic E-state index is 0.0181. The molecule has 0 fully saturated rings. The van der Waals surface area contributed by atoms with Crippen LogP contribution in [0.2, 0.25) is 0 Å². The van der Waals surface area contributed by atoms with Crippen LogP contribution >= 0.6 is 0 Å². The summed E-state index contributed by atoms with van der Waals surface area (Å²) in [6.07, 6.45) is 4.63. The molecular weight excluding hydrogens is 244 g/mol. The molecule has 1 aromatic rings. The van der Waals surface area contributed by atoms with Crippen molar-refractivity contribution in [2.45, 2.75) is 52.6 Å². The Morgan fingerprint density at radius 1 is 1.05 bits per heavy atom. The number of aromatic nitrogens is 3. The van der Waals surface area contributed by atoms with E-state index in [-0.39, 0.29) is 12.1 Å². The summed E-state index contributed by atoms with van der Waals surface area (Å²) in [7, 11) is 1.75.